The molecule has 5 nitrogen and oxygen atoms in total. The number of phenols is 1. The van der Waals surface area contributed by atoms with E-state index in [1.54, 1.807) is 29.8 Å². The molecule has 4 rings (SSSR count). The van der Waals surface area contributed by atoms with Crippen molar-refractivity contribution in [2.45, 2.75) is 13.1 Å². The Hall–Kier alpha value is -2.44. The first kappa shape index (κ1) is 15.1. The lowest BCUT2D eigenvalue weighted by Gasteiger charge is -2.18. The van der Waals surface area contributed by atoms with Gasteiger partial charge in [0, 0.05) is 48.2 Å². The first-order chi connectivity index (χ1) is 11.8. The minimum Gasteiger partial charge on any atom is -0.504 e. The third kappa shape index (κ3) is 3.11. The van der Waals surface area contributed by atoms with Crippen molar-refractivity contribution in [1.29, 1.82) is 0 Å². The number of thiazole rings is 1. The van der Waals surface area contributed by atoms with Gasteiger partial charge in [0.25, 0.3) is 0 Å². The maximum absolute atomic E-state index is 10.4. The lowest BCUT2D eigenvalue weighted by atomic mass is 10.0. The number of nitrogens with zero attached hydrogens (tertiary/aromatic N) is 3. The van der Waals surface area contributed by atoms with Gasteiger partial charge < -0.3 is 9.84 Å². The molecule has 0 spiro atoms. The molecule has 2 aromatic heterocycles. The molecule has 0 saturated heterocycles. The average molecular weight is 339 g/mol. The van der Waals surface area contributed by atoms with Crippen LogP contribution in [0.1, 0.15) is 10.6 Å². The number of benzene rings is 1. The maximum atomic E-state index is 10.4. The van der Waals surface area contributed by atoms with Crippen LogP contribution in [0, 0.1) is 0 Å². The highest BCUT2D eigenvalue weighted by Crippen LogP contribution is 2.37. The molecule has 0 fully saturated rings. The number of aromatic nitrogens is 2. The van der Waals surface area contributed by atoms with Crippen LogP contribution in [0.3, 0.4) is 0 Å². The van der Waals surface area contributed by atoms with E-state index in [2.05, 4.69) is 20.9 Å². The second-order valence-corrected chi connectivity index (χ2v) is 6.69. The first-order valence-electron chi connectivity index (χ1n) is 7.79. The summed E-state index contributed by atoms with van der Waals surface area (Å²) in [5.41, 5.74) is 2.91. The highest BCUT2D eigenvalue weighted by Gasteiger charge is 2.20. The van der Waals surface area contributed by atoms with Gasteiger partial charge in [0.1, 0.15) is 11.6 Å². The molecule has 1 aromatic carbocycles. The molecule has 6 heteroatoms. The van der Waals surface area contributed by atoms with Crippen LogP contribution in [0.15, 0.2) is 48.2 Å². The van der Waals surface area contributed by atoms with E-state index in [1.807, 2.05) is 23.7 Å². The Morgan fingerprint density at radius 2 is 2.21 bits per heavy atom. The van der Waals surface area contributed by atoms with Crippen LogP contribution in [0.2, 0.25) is 0 Å². The van der Waals surface area contributed by atoms with E-state index in [9.17, 15) is 5.11 Å². The van der Waals surface area contributed by atoms with Crippen molar-refractivity contribution in [2.24, 2.45) is 0 Å². The smallest absolute Gasteiger partial charge is 0.165 e. The van der Waals surface area contributed by atoms with E-state index < -0.39 is 0 Å². The van der Waals surface area contributed by atoms with Gasteiger partial charge in [-0.3, -0.25) is 9.88 Å². The standard InChI is InChI=1S/C18H17N3O2S/c22-16-9-14(13-2-1-3-19-10-13)8-15-11-21(5-6-23-18(15)16)12-17-20-4-7-24-17/h1-4,7-10,22H,5-6,11-12H2. The lowest BCUT2D eigenvalue weighted by molar-refractivity contribution is 0.217. The summed E-state index contributed by atoms with van der Waals surface area (Å²) in [4.78, 5) is 10.8. The summed E-state index contributed by atoms with van der Waals surface area (Å²) in [6.07, 6.45) is 5.37. The van der Waals surface area contributed by atoms with E-state index in [1.165, 1.54) is 0 Å². The fourth-order valence-electron chi connectivity index (χ4n) is 2.91. The fourth-order valence-corrected chi connectivity index (χ4v) is 3.57. The lowest BCUT2D eigenvalue weighted by Crippen LogP contribution is -2.25. The van der Waals surface area contributed by atoms with Gasteiger partial charge in [-0.1, -0.05) is 6.07 Å². The summed E-state index contributed by atoms with van der Waals surface area (Å²) in [6, 6.07) is 7.70. The number of hydrogen-bond acceptors (Lipinski definition) is 6. The van der Waals surface area contributed by atoms with Gasteiger partial charge >= 0.3 is 0 Å². The van der Waals surface area contributed by atoms with Gasteiger partial charge in [-0.15, -0.1) is 11.3 Å². The molecule has 1 aliphatic rings. The summed E-state index contributed by atoms with van der Waals surface area (Å²) in [7, 11) is 0. The molecule has 24 heavy (non-hydrogen) atoms. The van der Waals surface area contributed by atoms with Crippen molar-refractivity contribution in [3.63, 3.8) is 0 Å². The summed E-state index contributed by atoms with van der Waals surface area (Å²) >= 11 is 1.66. The van der Waals surface area contributed by atoms with Crippen molar-refractivity contribution in [2.75, 3.05) is 13.2 Å². The predicted octanol–water partition coefficient (Wildman–Crippen LogP) is 3.31. The highest BCUT2D eigenvalue weighted by atomic mass is 32.1. The zero-order chi connectivity index (χ0) is 16.4. The zero-order valence-electron chi connectivity index (χ0n) is 13.1. The van der Waals surface area contributed by atoms with Gasteiger partial charge in [-0.25, -0.2) is 4.98 Å². The fraction of sp³-hybridized carbons (Fsp3) is 0.222. The molecule has 0 saturated carbocycles. The second kappa shape index (κ2) is 6.59. The van der Waals surface area contributed by atoms with Crippen LogP contribution in [0.4, 0.5) is 0 Å². The monoisotopic (exact) mass is 339 g/mol. The van der Waals surface area contributed by atoms with Gasteiger partial charge in [0.05, 0.1) is 6.54 Å². The molecule has 0 atom stereocenters. The molecule has 122 valence electrons. The van der Waals surface area contributed by atoms with Crippen molar-refractivity contribution < 1.29 is 9.84 Å². The van der Waals surface area contributed by atoms with E-state index in [4.69, 9.17) is 4.74 Å². The molecule has 0 aliphatic carbocycles. The highest BCUT2D eigenvalue weighted by molar-refractivity contribution is 7.09. The normalized spacial score (nSPS) is 14.7. The summed E-state index contributed by atoms with van der Waals surface area (Å²) in [6.45, 7) is 2.86. The third-order valence-electron chi connectivity index (χ3n) is 4.03. The Bertz CT molecular complexity index is 822. The van der Waals surface area contributed by atoms with Crippen LogP contribution in [0.5, 0.6) is 11.5 Å². The van der Waals surface area contributed by atoms with Gasteiger partial charge in [-0.2, -0.15) is 0 Å². The number of aromatic hydroxyl groups is 1. The van der Waals surface area contributed by atoms with E-state index in [0.717, 1.165) is 41.3 Å². The minimum absolute atomic E-state index is 0.183. The minimum atomic E-state index is 0.183. The van der Waals surface area contributed by atoms with Crippen molar-refractivity contribution in [3.8, 4) is 22.6 Å². The van der Waals surface area contributed by atoms with Crippen LogP contribution in [0.25, 0.3) is 11.1 Å². The van der Waals surface area contributed by atoms with Gasteiger partial charge in [-0.05, 0) is 23.8 Å². The number of rotatable bonds is 3. The molecule has 0 radical (unpaired) electrons. The molecule has 0 unspecified atom stereocenters. The Morgan fingerprint density at radius 3 is 3.00 bits per heavy atom. The van der Waals surface area contributed by atoms with Gasteiger partial charge in [0.15, 0.2) is 11.5 Å². The topological polar surface area (TPSA) is 58.5 Å². The molecule has 1 N–H and O–H groups in total. The number of pyridine rings is 1. The van der Waals surface area contributed by atoms with Crippen molar-refractivity contribution >= 4 is 11.3 Å². The SMILES string of the molecule is Oc1cc(-c2cccnc2)cc2c1OCCN(Cc1nccs1)C2. The Kier molecular flexibility index (Phi) is 4.15. The summed E-state index contributed by atoms with van der Waals surface area (Å²) in [5.74, 6) is 0.770. The number of ether oxygens (including phenoxy) is 1. The quantitative estimate of drug-likeness (QED) is 0.793. The Morgan fingerprint density at radius 1 is 1.25 bits per heavy atom. The van der Waals surface area contributed by atoms with Crippen LogP contribution in [-0.2, 0) is 13.1 Å². The zero-order valence-corrected chi connectivity index (χ0v) is 13.9. The molecular formula is C18H17N3O2S. The average Bonchev–Trinajstić information content (AvgIpc) is 3.01. The van der Waals surface area contributed by atoms with E-state index in [0.29, 0.717) is 12.4 Å². The molecule has 0 amide bonds. The molecule has 1 aliphatic heterocycles. The van der Waals surface area contributed by atoms with Crippen LogP contribution in [-0.4, -0.2) is 33.1 Å². The number of fused-ring (bicyclic) bond motifs is 1. The summed E-state index contributed by atoms with van der Waals surface area (Å²) in [5, 5.41) is 13.5. The third-order valence-corrected chi connectivity index (χ3v) is 4.80. The van der Waals surface area contributed by atoms with E-state index >= 15 is 0 Å². The van der Waals surface area contributed by atoms with Crippen molar-refractivity contribution in [1.82, 2.24) is 14.9 Å². The Balaban J connectivity index is 1.66. The van der Waals surface area contributed by atoms with Gasteiger partial charge in [0.2, 0.25) is 0 Å². The molecule has 0 bridgehead atoms. The molecule has 3 heterocycles. The number of phenolic OH excluding ortho intramolecular Hbond substituents is 1. The van der Waals surface area contributed by atoms with Crippen LogP contribution >= 0.6 is 11.3 Å². The Labute approximate surface area is 144 Å². The largest absolute Gasteiger partial charge is 0.504 e. The van der Waals surface area contributed by atoms with Crippen LogP contribution < -0.4 is 4.74 Å². The first-order valence-corrected chi connectivity index (χ1v) is 8.67. The summed E-state index contributed by atoms with van der Waals surface area (Å²) < 4.78 is 5.80. The van der Waals surface area contributed by atoms with E-state index in [-0.39, 0.29) is 5.75 Å². The maximum Gasteiger partial charge on any atom is 0.165 e. The predicted molar refractivity (Wildman–Crippen MR) is 93.1 cm³/mol. The number of hydrogen-bond donors (Lipinski definition) is 1. The second-order valence-electron chi connectivity index (χ2n) is 5.71. The van der Waals surface area contributed by atoms with Crippen molar-refractivity contribution in [3.05, 3.63) is 58.8 Å². The molecule has 3 aromatic rings. The molecular weight excluding hydrogens is 322 g/mol.